The fraction of sp³-hybridized carbons (Fsp3) is 0.774. The lowest BCUT2D eigenvalue weighted by Gasteiger charge is -2.68. The van der Waals surface area contributed by atoms with Gasteiger partial charge in [0.1, 0.15) is 31.5 Å². The van der Waals surface area contributed by atoms with Crippen molar-refractivity contribution in [2.45, 2.75) is 109 Å². The summed E-state index contributed by atoms with van der Waals surface area (Å²) < 4.78 is 28.3. The van der Waals surface area contributed by atoms with Crippen LogP contribution in [0.2, 0.25) is 0 Å². The molecule has 0 amide bonds. The Kier molecular flexibility index (Phi) is 7.95. The summed E-state index contributed by atoms with van der Waals surface area (Å²) in [5.74, 6) is -4.43. The molecule has 238 valence electrons. The number of carbonyl (C=O) groups is 5. The number of hydrogen-bond donors (Lipinski definition) is 2. The quantitative estimate of drug-likeness (QED) is 0.333. The first kappa shape index (κ1) is 31.4. The summed E-state index contributed by atoms with van der Waals surface area (Å²) >= 11 is 0. The third kappa shape index (κ3) is 4.94. The molecule has 0 unspecified atom stereocenters. The van der Waals surface area contributed by atoms with Crippen molar-refractivity contribution in [1.29, 1.82) is 0 Å². The SMILES string of the molecule is CC(=O)OC[C@@]12[C@@H]3[C@H](OC(C)=O)C[C@]4(C)[C@H](C5=CC(=O)OC5)CC[C@]4(O)[C@H]3CC[C@@]1(O)C[C@@H](OC(C)=O)C[C@@H]2OC(C)=O. The molecule has 4 aliphatic carbocycles. The maximum absolute atomic E-state index is 12.8. The Labute approximate surface area is 250 Å². The molecule has 1 heterocycles. The van der Waals surface area contributed by atoms with Crippen molar-refractivity contribution in [3.8, 4) is 0 Å². The third-order valence-electron chi connectivity index (χ3n) is 11.2. The van der Waals surface area contributed by atoms with E-state index in [1.807, 2.05) is 6.92 Å². The molecule has 0 aromatic rings. The van der Waals surface area contributed by atoms with E-state index in [2.05, 4.69) is 0 Å². The second kappa shape index (κ2) is 10.9. The van der Waals surface area contributed by atoms with Crippen LogP contribution in [0, 0.1) is 28.6 Å². The van der Waals surface area contributed by atoms with E-state index in [4.69, 9.17) is 23.7 Å². The molecule has 12 heteroatoms. The second-order valence-corrected chi connectivity index (χ2v) is 13.4. The van der Waals surface area contributed by atoms with Crippen molar-refractivity contribution in [3.63, 3.8) is 0 Å². The number of hydrogen-bond acceptors (Lipinski definition) is 12. The van der Waals surface area contributed by atoms with Gasteiger partial charge in [-0.25, -0.2) is 4.79 Å². The highest BCUT2D eigenvalue weighted by atomic mass is 16.6. The van der Waals surface area contributed by atoms with Gasteiger partial charge in [0.25, 0.3) is 0 Å². The molecule has 0 aromatic heterocycles. The lowest BCUT2D eigenvalue weighted by atomic mass is 9.40. The van der Waals surface area contributed by atoms with Crippen LogP contribution in [0.1, 0.15) is 79.6 Å². The Morgan fingerprint density at radius 1 is 0.930 bits per heavy atom. The van der Waals surface area contributed by atoms with Gasteiger partial charge in [0.2, 0.25) is 0 Å². The van der Waals surface area contributed by atoms with E-state index < -0.39 is 82.0 Å². The van der Waals surface area contributed by atoms with Crippen molar-refractivity contribution in [2.75, 3.05) is 13.2 Å². The number of esters is 5. The summed E-state index contributed by atoms with van der Waals surface area (Å²) in [6, 6.07) is 0. The molecule has 0 saturated heterocycles. The highest BCUT2D eigenvalue weighted by Gasteiger charge is 2.77. The van der Waals surface area contributed by atoms with Crippen LogP contribution in [0.25, 0.3) is 0 Å². The number of fused-ring (bicyclic) bond motifs is 5. The lowest BCUT2D eigenvalue weighted by Crippen LogP contribution is -2.76. The van der Waals surface area contributed by atoms with Gasteiger partial charge >= 0.3 is 29.8 Å². The smallest absolute Gasteiger partial charge is 0.331 e. The summed E-state index contributed by atoms with van der Waals surface area (Å²) in [5, 5.41) is 25.4. The normalized spacial score (nSPS) is 43.2. The minimum atomic E-state index is -1.68. The second-order valence-electron chi connectivity index (χ2n) is 13.4. The topological polar surface area (TPSA) is 172 Å². The maximum atomic E-state index is 12.8. The Bertz CT molecular complexity index is 1240. The number of aliphatic hydroxyl groups is 2. The maximum Gasteiger partial charge on any atom is 0.331 e. The Balaban J connectivity index is 1.68. The minimum Gasteiger partial charge on any atom is -0.465 e. The van der Waals surface area contributed by atoms with Gasteiger partial charge in [-0.05, 0) is 49.5 Å². The molecule has 10 atom stereocenters. The molecule has 1 aliphatic heterocycles. The van der Waals surface area contributed by atoms with Gasteiger partial charge in [-0.3, -0.25) is 19.2 Å². The fourth-order valence-corrected chi connectivity index (χ4v) is 9.80. The number of carbonyl (C=O) groups excluding carboxylic acids is 5. The highest BCUT2D eigenvalue weighted by Crippen LogP contribution is 2.71. The van der Waals surface area contributed by atoms with E-state index in [9.17, 15) is 34.2 Å². The number of rotatable bonds is 6. The van der Waals surface area contributed by atoms with Crippen molar-refractivity contribution in [1.82, 2.24) is 0 Å². The summed E-state index contributed by atoms with van der Waals surface area (Å²) in [4.78, 5) is 61.4. The molecule has 0 bridgehead atoms. The Morgan fingerprint density at radius 2 is 1.60 bits per heavy atom. The summed E-state index contributed by atoms with van der Waals surface area (Å²) in [7, 11) is 0. The van der Waals surface area contributed by atoms with E-state index in [1.54, 1.807) is 0 Å². The van der Waals surface area contributed by atoms with E-state index in [1.165, 1.54) is 33.8 Å². The summed E-state index contributed by atoms with van der Waals surface area (Å²) in [6.45, 7) is 6.70. The molecular weight excluding hydrogens is 564 g/mol. The van der Waals surface area contributed by atoms with Crippen LogP contribution >= 0.6 is 0 Å². The van der Waals surface area contributed by atoms with Gasteiger partial charge in [0, 0.05) is 57.9 Å². The van der Waals surface area contributed by atoms with Crippen LogP contribution < -0.4 is 0 Å². The van der Waals surface area contributed by atoms with E-state index >= 15 is 0 Å². The molecule has 0 aromatic carbocycles. The van der Waals surface area contributed by atoms with Crippen LogP contribution in [0.3, 0.4) is 0 Å². The van der Waals surface area contributed by atoms with Gasteiger partial charge in [-0.1, -0.05) is 6.92 Å². The molecule has 2 N–H and O–H groups in total. The van der Waals surface area contributed by atoms with Gasteiger partial charge < -0.3 is 33.9 Å². The summed E-state index contributed by atoms with van der Waals surface area (Å²) in [5.41, 5.74) is -4.58. The number of cyclic esters (lactones) is 1. The zero-order valence-electron chi connectivity index (χ0n) is 25.4. The van der Waals surface area contributed by atoms with E-state index in [-0.39, 0.29) is 44.8 Å². The molecule has 4 fully saturated rings. The number of ether oxygens (including phenoxy) is 5. The lowest BCUT2D eigenvalue weighted by molar-refractivity contribution is -0.320. The van der Waals surface area contributed by atoms with Crippen LogP contribution in [0.4, 0.5) is 0 Å². The average molecular weight is 607 g/mol. The van der Waals surface area contributed by atoms with Crippen LogP contribution in [0.15, 0.2) is 11.6 Å². The van der Waals surface area contributed by atoms with Crippen LogP contribution in [-0.2, 0) is 47.7 Å². The zero-order valence-corrected chi connectivity index (χ0v) is 25.4. The highest BCUT2D eigenvalue weighted by molar-refractivity contribution is 5.85. The summed E-state index contributed by atoms with van der Waals surface area (Å²) in [6.07, 6.45) is 0.250. The average Bonchev–Trinajstić information content (AvgIpc) is 3.41. The van der Waals surface area contributed by atoms with Gasteiger partial charge in [-0.15, -0.1) is 0 Å². The van der Waals surface area contributed by atoms with Crippen LogP contribution in [0.5, 0.6) is 0 Å². The third-order valence-corrected chi connectivity index (χ3v) is 11.2. The Hall–Kier alpha value is -2.99. The fourth-order valence-electron chi connectivity index (χ4n) is 9.80. The molecule has 0 spiro atoms. The van der Waals surface area contributed by atoms with Crippen molar-refractivity contribution in [2.24, 2.45) is 28.6 Å². The molecule has 4 saturated carbocycles. The minimum absolute atomic E-state index is 0.0173. The predicted molar refractivity (Wildman–Crippen MR) is 146 cm³/mol. The first-order valence-corrected chi connectivity index (χ1v) is 15.0. The van der Waals surface area contributed by atoms with Gasteiger partial charge in [0.05, 0.1) is 16.6 Å². The molecular formula is C31H42O12. The van der Waals surface area contributed by atoms with Crippen molar-refractivity contribution >= 4 is 29.8 Å². The molecule has 12 nitrogen and oxygen atoms in total. The largest absolute Gasteiger partial charge is 0.465 e. The first-order valence-electron chi connectivity index (χ1n) is 15.0. The molecule has 5 rings (SSSR count). The monoisotopic (exact) mass is 606 g/mol. The first-order chi connectivity index (χ1) is 20.1. The predicted octanol–water partition coefficient (Wildman–Crippen LogP) is 1.92. The van der Waals surface area contributed by atoms with Gasteiger partial charge in [-0.2, -0.15) is 0 Å². The Morgan fingerprint density at radius 3 is 2.19 bits per heavy atom. The molecule has 0 radical (unpaired) electrons. The van der Waals surface area contributed by atoms with E-state index in [0.29, 0.717) is 19.3 Å². The standard InChI is InChI=1S/C31H42O12/c1-16(32)40-15-30-25(43-19(4)35)11-21(41-17(2)33)12-29(30,37)8-6-23-27(30)24(42-18(3)34)13-28(5)22(7-9-31(23,28)38)20-10-26(36)39-14-20/h10,21-25,27,37-38H,6-9,11-15H2,1-5H3/t21-,22-,23-,24+,25-,27-,28+,29+,30+,31-/m0/s1. The molecule has 43 heavy (non-hydrogen) atoms. The van der Waals surface area contributed by atoms with E-state index in [0.717, 1.165) is 5.57 Å². The molecule has 5 aliphatic rings. The van der Waals surface area contributed by atoms with Crippen molar-refractivity contribution < 1.29 is 57.9 Å². The zero-order chi connectivity index (χ0) is 31.5. The van der Waals surface area contributed by atoms with Crippen LogP contribution in [-0.4, -0.2) is 82.8 Å². The van der Waals surface area contributed by atoms with Gasteiger partial charge in [0.15, 0.2) is 0 Å². The van der Waals surface area contributed by atoms with Crippen molar-refractivity contribution in [3.05, 3.63) is 11.6 Å².